The zero-order valence-electron chi connectivity index (χ0n) is 9.96. The molecule has 0 amide bonds. The molecule has 1 heteroatoms. The SMILES string of the molecule is CC.CNc1cccc2cccc(C)c12. The number of hydrogen-bond donors (Lipinski definition) is 1. The van der Waals surface area contributed by atoms with Crippen molar-refractivity contribution in [1.29, 1.82) is 0 Å². The van der Waals surface area contributed by atoms with E-state index < -0.39 is 0 Å². The highest BCUT2D eigenvalue weighted by Crippen LogP contribution is 2.25. The summed E-state index contributed by atoms with van der Waals surface area (Å²) in [5.74, 6) is 0. The summed E-state index contributed by atoms with van der Waals surface area (Å²) in [5.41, 5.74) is 2.53. The van der Waals surface area contributed by atoms with E-state index in [-0.39, 0.29) is 0 Å². The highest BCUT2D eigenvalue weighted by atomic mass is 14.8. The van der Waals surface area contributed by atoms with Crippen molar-refractivity contribution in [1.82, 2.24) is 0 Å². The molecule has 0 aliphatic heterocycles. The predicted octanol–water partition coefficient (Wildman–Crippen LogP) is 4.22. The van der Waals surface area contributed by atoms with Crippen LogP contribution >= 0.6 is 0 Å². The molecule has 0 fully saturated rings. The quantitative estimate of drug-likeness (QED) is 0.728. The third-order valence-electron chi connectivity index (χ3n) is 2.38. The molecule has 1 N–H and O–H groups in total. The monoisotopic (exact) mass is 201 g/mol. The maximum Gasteiger partial charge on any atom is 0.0419 e. The maximum atomic E-state index is 3.21. The Morgan fingerprint density at radius 1 is 0.933 bits per heavy atom. The molecule has 15 heavy (non-hydrogen) atoms. The van der Waals surface area contributed by atoms with E-state index in [0.29, 0.717) is 0 Å². The van der Waals surface area contributed by atoms with E-state index >= 15 is 0 Å². The molecular formula is C14H19N. The Labute approximate surface area is 92.1 Å². The fourth-order valence-corrected chi connectivity index (χ4v) is 1.74. The van der Waals surface area contributed by atoms with Crippen LogP contribution in [-0.2, 0) is 0 Å². The third kappa shape index (κ3) is 2.30. The summed E-state index contributed by atoms with van der Waals surface area (Å²) in [6, 6.07) is 12.7. The fraction of sp³-hybridized carbons (Fsp3) is 0.286. The van der Waals surface area contributed by atoms with Gasteiger partial charge in [-0.05, 0) is 23.9 Å². The summed E-state index contributed by atoms with van der Waals surface area (Å²) in [6.45, 7) is 6.14. The summed E-state index contributed by atoms with van der Waals surface area (Å²) in [7, 11) is 1.96. The molecule has 0 atom stereocenters. The number of rotatable bonds is 1. The molecule has 0 saturated carbocycles. The second-order valence-electron chi connectivity index (χ2n) is 3.23. The molecule has 0 aliphatic rings. The normalized spacial score (nSPS) is 9.33. The van der Waals surface area contributed by atoms with Crippen LogP contribution in [0.1, 0.15) is 19.4 Å². The van der Waals surface area contributed by atoms with Crippen molar-refractivity contribution in [2.75, 3.05) is 12.4 Å². The van der Waals surface area contributed by atoms with Gasteiger partial charge in [0, 0.05) is 18.1 Å². The molecule has 0 bridgehead atoms. The minimum Gasteiger partial charge on any atom is -0.388 e. The molecular weight excluding hydrogens is 182 g/mol. The van der Waals surface area contributed by atoms with Crippen molar-refractivity contribution < 1.29 is 0 Å². The van der Waals surface area contributed by atoms with Crippen molar-refractivity contribution in [2.24, 2.45) is 0 Å². The van der Waals surface area contributed by atoms with Gasteiger partial charge in [-0.25, -0.2) is 0 Å². The first-order valence-corrected chi connectivity index (χ1v) is 5.49. The largest absolute Gasteiger partial charge is 0.388 e. The van der Waals surface area contributed by atoms with Crippen LogP contribution in [-0.4, -0.2) is 7.05 Å². The molecule has 2 aromatic rings. The van der Waals surface area contributed by atoms with Gasteiger partial charge in [-0.15, -0.1) is 0 Å². The van der Waals surface area contributed by atoms with Gasteiger partial charge in [-0.1, -0.05) is 44.2 Å². The maximum absolute atomic E-state index is 3.21. The molecule has 2 rings (SSSR count). The van der Waals surface area contributed by atoms with Crippen molar-refractivity contribution in [2.45, 2.75) is 20.8 Å². The Kier molecular flexibility index (Phi) is 4.17. The zero-order valence-corrected chi connectivity index (χ0v) is 9.96. The first kappa shape index (κ1) is 11.6. The smallest absolute Gasteiger partial charge is 0.0419 e. The third-order valence-corrected chi connectivity index (χ3v) is 2.38. The molecule has 80 valence electrons. The summed E-state index contributed by atoms with van der Waals surface area (Å²) in [5, 5.41) is 5.84. The van der Waals surface area contributed by atoms with Crippen LogP contribution in [0, 0.1) is 6.92 Å². The molecule has 0 spiro atoms. The molecule has 0 radical (unpaired) electrons. The van der Waals surface area contributed by atoms with E-state index in [4.69, 9.17) is 0 Å². The van der Waals surface area contributed by atoms with Gasteiger partial charge in [0.25, 0.3) is 0 Å². The van der Waals surface area contributed by atoms with Crippen molar-refractivity contribution in [3.63, 3.8) is 0 Å². The minimum atomic E-state index is 1.20. The zero-order chi connectivity index (χ0) is 11.3. The second-order valence-corrected chi connectivity index (χ2v) is 3.23. The van der Waals surface area contributed by atoms with Crippen LogP contribution in [0.25, 0.3) is 10.8 Å². The number of benzene rings is 2. The van der Waals surface area contributed by atoms with Gasteiger partial charge in [0.05, 0.1) is 0 Å². The number of fused-ring (bicyclic) bond motifs is 1. The van der Waals surface area contributed by atoms with E-state index in [1.165, 1.54) is 22.0 Å². The first-order chi connectivity index (χ1) is 7.33. The van der Waals surface area contributed by atoms with E-state index in [1.807, 2.05) is 20.9 Å². The van der Waals surface area contributed by atoms with Crippen LogP contribution in [0.15, 0.2) is 36.4 Å². The highest BCUT2D eigenvalue weighted by Gasteiger charge is 2.00. The van der Waals surface area contributed by atoms with Crippen molar-refractivity contribution in [3.8, 4) is 0 Å². The predicted molar refractivity (Wildman–Crippen MR) is 69.6 cm³/mol. The van der Waals surface area contributed by atoms with Crippen molar-refractivity contribution in [3.05, 3.63) is 42.0 Å². The van der Waals surface area contributed by atoms with Gasteiger partial charge in [0.15, 0.2) is 0 Å². The van der Waals surface area contributed by atoms with Crippen LogP contribution in [0.4, 0.5) is 5.69 Å². The first-order valence-electron chi connectivity index (χ1n) is 5.49. The topological polar surface area (TPSA) is 12.0 Å². The van der Waals surface area contributed by atoms with E-state index in [1.54, 1.807) is 0 Å². The van der Waals surface area contributed by atoms with Gasteiger partial charge < -0.3 is 5.32 Å². The molecule has 0 aromatic heterocycles. The van der Waals surface area contributed by atoms with Gasteiger partial charge in [0.2, 0.25) is 0 Å². The van der Waals surface area contributed by atoms with Gasteiger partial charge in [-0.3, -0.25) is 0 Å². The highest BCUT2D eigenvalue weighted by molar-refractivity contribution is 5.96. The molecule has 0 saturated heterocycles. The number of aryl methyl sites for hydroxylation is 1. The molecule has 0 aliphatic carbocycles. The van der Waals surface area contributed by atoms with Crippen LogP contribution in [0.2, 0.25) is 0 Å². The molecule has 0 heterocycles. The van der Waals surface area contributed by atoms with Gasteiger partial charge in [-0.2, -0.15) is 0 Å². The minimum absolute atomic E-state index is 1.20. The summed E-state index contributed by atoms with van der Waals surface area (Å²) < 4.78 is 0. The number of nitrogens with one attached hydrogen (secondary N) is 1. The summed E-state index contributed by atoms with van der Waals surface area (Å²) in [4.78, 5) is 0. The summed E-state index contributed by atoms with van der Waals surface area (Å²) in [6.07, 6.45) is 0. The van der Waals surface area contributed by atoms with Gasteiger partial charge >= 0.3 is 0 Å². The second kappa shape index (κ2) is 5.40. The van der Waals surface area contributed by atoms with Crippen LogP contribution in [0.3, 0.4) is 0 Å². The molecule has 0 unspecified atom stereocenters. The average molecular weight is 201 g/mol. The van der Waals surface area contributed by atoms with E-state index in [0.717, 1.165) is 0 Å². The van der Waals surface area contributed by atoms with Crippen LogP contribution in [0.5, 0.6) is 0 Å². The standard InChI is InChI=1S/C12H13N.C2H6/c1-9-5-3-6-10-7-4-8-11(13-2)12(9)10;1-2/h3-8,13H,1-2H3;1-2H3. The van der Waals surface area contributed by atoms with E-state index in [2.05, 4.69) is 48.6 Å². The fourth-order valence-electron chi connectivity index (χ4n) is 1.74. The Morgan fingerprint density at radius 3 is 2.13 bits per heavy atom. The lowest BCUT2D eigenvalue weighted by molar-refractivity contribution is 1.49. The molecule has 2 aromatic carbocycles. The lowest BCUT2D eigenvalue weighted by atomic mass is 10.0. The van der Waals surface area contributed by atoms with Gasteiger partial charge in [0.1, 0.15) is 0 Å². The average Bonchev–Trinajstić information content (AvgIpc) is 2.31. The Bertz CT molecular complexity index is 427. The Hall–Kier alpha value is -1.50. The number of hydrogen-bond acceptors (Lipinski definition) is 1. The summed E-state index contributed by atoms with van der Waals surface area (Å²) >= 11 is 0. The van der Waals surface area contributed by atoms with Crippen LogP contribution < -0.4 is 5.32 Å². The lowest BCUT2D eigenvalue weighted by Gasteiger charge is -2.07. The van der Waals surface area contributed by atoms with Crippen molar-refractivity contribution >= 4 is 16.5 Å². The Morgan fingerprint density at radius 2 is 1.53 bits per heavy atom. The molecule has 1 nitrogen and oxygen atoms in total. The van der Waals surface area contributed by atoms with E-state index in [9.17, 15) is 0 Å². The lowest BCUT2D eigenvalue weighted by Crippen LogP contribution is -1.90. The number of anilines is 1. The Balaban J connectivity index is 0.000000531.